The van der Waals surface area contributed by atoms with E-state index >= 15 is 0 Å². The highest BCUT2D eigenvalue weighted by Gasteiger charge is 2.48. The van der Waals surface area contributed by atoms with E-state index in [2.05, 4.69) is 37.2 Å². The lowest BCUT2D eigenvalue weighted by atomic mass is 9.88. The minimum Gasteiger partial charge on any atom is -0.446 e. The molecule has 0 spiro atoms. The number of nitrogens with one attached hydrogen (secondary N) is 2. The average Bonchev–Trinajstić information content (AvgIpc) is 3.79. The Hall–Kier alpha value is -2.65. The number of carbonyl (C=O) groups excluding carboxylic acids is 2. The van der Waals surface area contributed by atoms with Crippen molar-refractivity contribution in [3.63, 3.8) is 0 Å². The van der Waals surface area contributed by atoms with Gasteiger partial charge in [-0.2, -0.15) is 5.10 Å². The number of anilines is 1. The van der Waals surface area contributed by atoms with Gasteiger partial charge in [-0.3, -0.25) is 4.79 Å². The maximum Gasteiger partial charge on any atom is 0.408 e. The van der Waals surface area contributed by atoms with Crippen LogP contribution in [0.3, 0.4) is 0 Å². The maximum atomic E-state index is 13.6. The van der Waals surface area contributed by atoms with E-state index in [0.29, 0.717) is 18.6 Å². The van der Waals surface area contributed by atoms with E-state index in [1.807, 2.05) is 35.9 Å². The highest BCUT2D eigenvalue weighted by molar-refractivity contribution is 6.76. The third-order valence-electron chi connectivity index (χ3n) is 8.63. The third-order valence-corrected chi connectivity index (χ3v) is 10.3. The maximum absolute atomic E-state index is 13.6. The summed E-state index contributed by atoms with van der Waals surface area (Å²) in [6.07, 6.45) is 6.98. The molecule has 1 aromatic carbocycles. The van der Waals surface area contributed by atoms with Gasteiger partial charge in [-0.25, -0.2) is 9.48 Å². The molecule has 1 aromatic heterocycles. The summed E-state index contributed by atoms with van der Waals surface area (Å²) in [5.41, 5.74) is 4.87. The van der Waals surface area contributed by atoms with E-state index in [9.17, 15) is 9.59 Å². The normalized spacial score (nSPS) is 18.4. The fourth-order valence-electron chi connectivity index (χ4n) is 5.74. The SMILES string of the molecule is Cc1nn(COCC[Si](C)(C)C)c(C)c1-c1ccc(NC(=O)C(NC(=O)OC2CCC2)C(C2CC2)C2CC2)cc1. The number of aryl methyl sites for hydroxylation is 1. The number of alkyl carbamates (subject to hydrolysis) is 1. The number of benzene rings is 1. The van der Waals surface area contributed by atoms with Gasteiger partial charge in [0.05, 0.1) is 5.69 Å². The molecule has 0 radical (unpaired) electrons. The zero-order valence-electron chi connectivity index (χ0n) is 24.8. The summed E-state index contributed by atoms with van der Waals surface area (Å²) in [6, 6.07) is 8.47. The highest BCUT2D eigenvalue weighted by atomic mass is 28.3. The second kappa shape index (κ2) is 12.1. The van der Waals surface area contributed by atoms with Crippen LogP contribution in [0, 0.1) is 31.6 Å². The average molecular weight is 567 g/mol. The first kappa shape index (κ1) is 28.9. The number of hydrogen-bond acceptors (Lipinski definition) is 5. The molecule has 40 heavy (non-hydrogen) atoms. The summed E-state index contributed by atoms with van der Waals surface area (Å²) in [4.78, 5) is 26.2. The molecule has 1 atom stereocenters. The van der Waals surface area contributed by atoms with E-state index in [-0.39, 0.29) is 17.9 Å². The van der Waals surface area contributed by atoms with Crippen LogP contribution in [0.15, 0.2) is 24.3 Å². The van der Waals surface area contributed by atoms with Crippen LogP contribution >= 0.6 is 0 Å². The predicted molar refractivity (Wildman–Crippen MR) is 160 cm³/mol. The number of ether oxygens (including phenoxy) is 2. The van der Waals surface area contributed by atoms with Gasteiger partial charge >= 0.3 is 6.09 Å². The van der Waals surface area contributed by atoms with Crippen molar-refractivity contribution < 1.29 is 19.1 Å². The highest BCUT2D eigenvalue weighted by Crippen LogP contribution is 2.51. The molecular formula is C31H46N4O4Si. The molecule has 1 heterocycles. The van der Waals surface area contributed by atoms with Gasteiger partial charge in [0.1, 0.15) is 18.9 Å². The summed E-state index contributed by atoms with van der Waals surface area (Å²) in [6.45, 7) is 12.4. The molecular weight excluding hydrogens is 520 g/mol. The fourth-order valence-corrected chi connectivity index (χ4v) is 6.50. The topological polar surface area (TPSA) is 94.5 Å². The van der Waals surface area contributed by atoms with Crippen LogP contribution in [0.2, 0.25) is 25.7 Å². The summed E-state index contributed by atoms with van der Waals surface area (Å²) in [7, 11) is -1.13. The molecule has 218 valence electrons. The van der Waals surface area contributed by atoms with Crippen LogP contribution in [-0.4, -0.2) is 48.6 Å². The fraction of sp³-hybridized carbons (Fsp3) is 0.645. The summed E-state index contributed by atoms with van der Waals surface area (Å²) in [5, 5.41) is 10.8. The molecule has 0 aliphatic heterocycles. The summed E-state index contributed by atoms with van der Waals surface area (Å²) < 4.78 is 13.4. The van der Waals surface area contributed by atoms with Gasteiger partial charge < -0.3 is 20.1 Å². The van der Waals surface area contributed by atoms with Crippen LogP contribution < -0.4 is 10.6 Å². The van der Waals surface area contributed by atoms with Crippen molar-refractivity contribution in [3.8, 4) is 11.1 Å². The van der Waals surface area contributed by atoms with Crippen molar-refractivity contribution in [2.24, 2.45) is 17.8 Å². The zero-order valence-corrected chi connectivity index (χ0v) is 25.8. The minimum atomic E-state index is -1.13. The molecule has 0 saturated heterocycles. The van der Waals surface area contributed by atoms with E-state index < -0.39 is 20.2 Å². The van der Waals surface area contributed by atoms with Crippen molar-refractivity contribution in [2.75, 3.05) is 11.9 Å². The number of rotatable bonds is 13. The summed E-state index contributed by atoms with van der Waals surface area (Å²) >= 11 is 0. The molecule has 9 heteroatoms. The van der Waals surface area contributed by atoms with Gasteiger partial charge in [0.15, 0.2) is 0 Å². The molecule has 2 amide bonds. The summed E-state index contributed by atoms with van der Waals surface area (Å²) in [5.74, 6) is 1.04. The van der Waals surface area contributed by atoms with E-state index in [1.165, 1.54) is 0 Å². The molecule has 3 saturated carbocycles. The monoisotopic (exact) mass is 566 g/mol. The first-order valence-electron chi connectivity index (χ1n) is 15.1. The molecule has 2 aromatic rings. The Balaban J connectivity index is 1.24. The van der Waals surface area contributed by atoms with E-state index in [4.69, 9.17) is 14.6 Å². The predicted octanol–water partition coefficient (Wildman–Crippen LogP) is 6.50. The first-order chi connectivity index (χ1) is 19.1. The van der Waals surface area contributed by atoms with E-state index in [0.717, 1.165) is 85.8 Å². The van der Waals surface area contributed by atoms with Gasteiger partial charge in [0.25, 0.3) is 0 Å². The van der Waals surface area contributed by atoms with Gasteiger partial charge in [-0.15, -0.1) is 0 Å². The van der Waals surface area contributed by atoms with Gasteiger partial charge in [-0.05, 0) is 100 Å². The standard InChI is InChI=1S/C31H46N4O4Si/c1-20-27(21(2)35(34-20)19-38-17-18-40(3,4)5)22-13-15-25(16-14-22)32-30(36)29(28(23-9-10-23)24-11-12-24)33-31(37)39-26-7-6-8-26/h13-16,23-24,26,28-29H,6-12,17-19H2,1-5H3,(H,32,36)(H,33,37). The molecule has 3 fully saturated rings. The number of nitrogens with zero attached hydrogens (tertiary/aromatic N) is 2. The van der Waals surface area contributed by atoms with Crippen LogP contribution in [0.25, 0.3) is 11.1 Å². The van der Waals surface area contributed by atoms with Crippen molar-refractivity contribution >= 4 is 25.8 Å². The van der Waals surface area contributed by atoms with Crippen LogP contribution in [0.5, 0.6) is 0 Å². The first-order valence-corrected chi connectivity index (χ1v) is 18.8. The number of aromatic nitrogens is 2. The van der Waals surface area contributed by atoms with Gasteiger partial charge in [-0.1, -0.05) is 31.8 Å². The smallest absolute Gasteiger partial charge is 0.408 e. The molecule has 8 nitrogen and oxygen atoms in total. The van der Waals surface area contributed by atoms with Crippen LogP contribution in [0.4, 0.5) is 10.5 Å². The Bertz CT molecular complexity index is 1180. The molecule has 2 N–H and O–H groups in total. The Morgan fingerprint density at radius 3 is 2.23 bits per heavy atom. The lowest BCUT2D eigenvalue weighted by molar-refractivity contribution is -0.119. The van der Waals surface area contributed by atoms with Gasteiger partial charge in [0, 0.05) is 31.6 Å². The minimum absolute atomic E-state index is 0.00969. The van der Waals surface area contributed by atoms with Gasteiger partial charge in [0.2, 0.25) is 5.91 Å². The largest absolute Gasteiger partial charge is 0.446 e. The lowest BCUT2D eigenvalue weighted by Crippen LogP contribution is -2.51. The van der Waals surface area contributed by atoms with Crippen molar-refractivity contribution in [1.82, 2.24) is 15.1 Å². The number of carbonyl (C=O) groups is 2. The zero-order chi connectivity index (χ0) is 28.4. The quantitative estimate of drug-likeness (QED) is 0.213. The molecule has 0 bridgehead atoms. The number of hydrogen-bond donors (Lipinski definition) is 2. The van der Waals surface area contributed by atoms with E-state index in [1.54, 1.807) is 0 Å². The molecule has 3 aliphatic carbocycles. The lowest BCUT2D eigenvalue weighted by Gasteiger charge is -2.30. The second-order valence-electron chi connectivity index (χ2n) is 13.3. The van der Waals surface area contributed by atoms with Crippen molar-refractivity contribution in [2.45, 2.75) is 103 Å². The number of amides is 2. The molecule has 1 unspecified atom stereocenters. The Morgan fingerprint density at radius 1 is 1.02 bits per heavy atom. The molecule has 5 rings (SSSR count). The van der Waals surface area contributed by atoms with Crippen molar-refractivity contribution in [1.29, 1.82) is 0 Å². The Morgan fingerprint density at radius 2 is 1.68 bits per heavy atom. The van der Waals surface area contributed by atoms with Crippen molar-refractivity contribution in [3.05, 3.63) is 35.7 Å². The second-order valence-corrected chi connectivity index (χ2v) is 18.9. The Kier molecular flexibility index (Phi) is 8.71. The Labute approximate surface area is 239 Å². The molecule has 3 aliphatic rings. The van der Waals surface area contributed by atoms with Crippen LogP contribution in [-0.2, 0) is 21.0 Å². The third kappa shape index (κ3) is 7.35. The van der Waals surface area contributed by atoms with Crippen LogP contribution in [0.1, 0.15) is 56.3 Å².